The minimum absolute atomic E-state index is 0.0230. The van der Waals surface area contributed by atoms with Crippen molar-refractivity contribution in [3.05, 3.63) is 48.0 Å². The zero-order valence-corrected chi connectivity index (χ0v) is 11.5. The molecule has 1 aromatic heterocycles. The van der Waals surface area contributed by atoms with E-state index in [-0.39, 0.29) is 11.8 Å². The van der Waals surface area contributed by atoms with Crippen molar-refractivity contribution in [1.29, 1.82) is 0 Å². The standard InChI is InChI=1S/C15H18N4O/c1-19-7-6-16-14(19)10-18-15(20)12-8-11-4-2-3-5-13(11)17-9-12/h2-7,12,17H,8-10H2,1H3,(H,18,20). The second-order valence-electron chi connectivity index (χ2n) is 5.11. The number of hydrogen-bond donors (Lipinski definition) is 2. The van der Waals surface area contributed by atoms with E-state index in [1.54, 1.807) is 6.20 Å². The van der Waals surface area contributed by atoms with Crippen LogP contribution in [0.5, 0.6) is 0 Å². The van der Waals surface area contributed by atoms with Crippen molar-refractivity contribution in [3.63, 3.8) is 0 Å². The lowest BCUT2D eigenvalue weighted by Gasteiger charge is -2.25. The highest BCUT2D eigenvalue weighted by atomic mass is 16.1. The van der Waals surface area contributed by atoms with Gasteiger partial charge in [-0.2, -0.15) is 0 Å². The predicted molar refractivity (Wildman–Crippen MR) is 77.2 cm³/mol. The molecule has 5 nitrogen and oxygen atoms in total. The number of imidazole rings is 1. The van der Waals surface area contributed by atoms with Crippen molar-refractivity contribution < 1.29 is 4.79 Å². The number of aromatic nitrogens is 2. The zero-order chi connectivity index (χ0) is 13.9. The molecule has 1 atom stereocenters. The molecule has 2 aromatic rings. The number of carbonyl (C=O) groups is 1. The fourth-order valence-electron chi connectivity index (χ4n) is 2.50. The Morgan fingerprint density at radius 2 is 2.35 bits per heavy atom. The molecule has 0 saturated heterocycles. The van der Waals surface area contributed by atoms with E-state index in [0.29, 0.717) is 13.1 Å². The molecule has 1 aromatic carbocycles. The summed E-state index contributed by atoms with van der Waals surface area (Å²) in [7, 11) is 1.92. The quantitative estimate of drug-likeness (QED) is 0.884. The molecule has 0 bridgehead atoms. The van der Waals surface area contributed by atoms with Crippen LogP contribution in [0.3, 0.4) is 0 Å². The van der Waals surface area contributed by atoms with Gasteiger partial charge in [0.15, 0.2) is 0 Å². The number of amides is 1. The smallest absolute Gasteiger partial charge is 0.225 e. The fourth-order valence-corrected chi connectivity index (χ4v) is 2.50. The maximum atomic E-state index is 12.2. The summed E-state index contributed by atoms with van der Waals surface area (Å²) in [6, 6.07) is 8.14. The number of aryl methyl sites for hydroxylation is 1. The van der Waals surface area contributed by atoms with Crippen LogP contribution >= 0.6 is 0 Å². The van der Waals surface area contributed by atoms with Crippen molar-refractivity contribution in [1.82, 2.24) is 14.9 Å². The van der Waals surface area contributed by atoms with Gasteiger partial charge in [-0.05, 0) is 18.1 Å². The third kappa shape index (κ3) is 2.52. The molecule has 0 spiro atoms. The molecule has 0 saturated carbocycles. The molecular weight excluding hydrogens is 252 g/mol. The second-order valence-corrected chi connectivity index (χ2v) is 5.11. The first-order valence-electron chi connectivity index (χ1n) is 6.80. The second kappa shape index (κ2) is 5.36. The molecule has 0 fully saturated rings. The normalized spacial score (nSPS) is 17.1. The molecule has 20 heavy (non-hydrogen) atoms. The van der Waals surface area contributed by atoms with Gasteiger partial charge in [-0.3, -0.25) is 4.79 Å². The molecule has 1 unspecified atom stereocenters. The Kier molecular flexibility index (Phi) is 3.41. The van der Waals surface area contributed by atoms with Crippen LogP contribution in [0.2, 0.25) is 0 Å². The summed E-state index contributed by atoms with van der Waals surface area (Å²) in [4.78, 5) is 16.4. The van der Waals surface area contributed by atoms with Crippen LogP contribution in [0.1, 0.15) is 11.4 Å². The molecule has 1 amide bonds. The van der Waals surface area contributed by atoms with E-state index in [0.717, 1.165) is 17.9 Å². The molecule has 2 heterocycles. The number of nitrogens with one attached hydrogen (secondary N) is 2. The van der Waals surface area contributed by atoms with E-state index in [9.17, 15) is 4.79 Å². The van der Waals surface area contributed by atoms with Gasteiger partial charge in [0.1, 0.15) is 5.82 Å². The number of fused-ring (bicyclic) bond motifs is 1. The van der Waals surface area contributed by atoms with E-state index in [2.05, 4.69) is 27.8 Å². The molecule has 2 N–H and O–H groups in total. The maximum Gasteiger partial charge on any atom is 0.225 e. The maximum absolute atomic E-state index is 12.2. The monoisotopic (exact) mass is 270 g/mol. The predicted octanol–water partition coefficient (Wildman–Crippen LogP) is 1.32. The highest BCUT2D eigenvalue weighted by Crippen LogP contribution is 2.24. The van der Waals surface area contributed by atoms with Crippen LogP contribution in [-0.2, 0) is 24.8 Å². The fraction of sp³-hybridized carbons (Fsp3) is 0.333. The van der Waals surface area contributed by atoms with Crippen LogP contribution in [0, 0.1) is 5.92 Å². The first-order valence-corrected chi connectivity index (χ1v) is 6.80. The summed E-state index contributed by atoms with van der Waals surface area (Å²) in [6.07, 6.45) is 4.40. The SMILES string of the molecule is Cn1ccnc1CNC(=O)C1CNc2ccccc2C1. The van der Waals surface area contributed by atoms with Gasteiger partial charge in [-0.1, -0.05) is 18.2 Å². The Bertz CT molecular complexity index is 620. The zero-order valence-electron chi connectivity index (χ0n) is 11.5. The summed E-state index contributed by atoms with van der Waals surface area (Å²) in [5, 5.41) is 6.28. The van der Waals surface area contributed by atoms with Gasteiger partial charge in [0.05, 0.1) is 12.5 Å². The number of benzene rings is 1. The van der Waals surface area contributed by atoms with Crippen LogP contribution < -0.4 is 10.6 Å². The van der Waals surface area contributed by atoms with E-state index in [1.165, 1.54) is 5.56 Å². The number of anilines is 1. The molecule has 104 valence electrons. The van der Waals surface area contributed by atoms with E-state index in [1.807, 2.05) is 29.9 Å². The summed E-state index contributed by atoms with van der Waals surface area (Å²) in [5.74, 6) is 0.919. The Morgan fingerprint density at radius 1 is 1.50 bits per heavy atom. The number of carbonyl (C=O) groups excluding carboxylic acids is 1. The van der Waals surface area contributed by atoms with Gasteiger partial charge in [0.25, 0.3) is 0 Å². The number of hydrogen-bond acceptors (Lipinski definition) is 3. The molecule has 1 aliphatic rings. The Balaban J connectivity index is 1.60. The summed E-state index contributed by atoms with van der Waals surface area (Å²) >= 11 is 0. The average Bonchev–Trinajstić information content (AvgIpc) is 2.89. The number of para-hydroxylation sites is 1. The molecule has 1 aliphatic heterocycles. The third-order valence-electron chi connectivity index (χ3n) is 3.74. The highest BCUT2D eigenvalue weighted by Gasteiger charge is 2.24. The lowest BCUT2D eigenvalue weighted by atomic mass is 9.93. The summed E-state index contributed by atoms with van der Waals surface area (Å²) in [5.41, 5.74) is 2.34. The topological polar surface area (TPSA) is 59.0 Å². The van der Waals surface area contributed by atoms with Gasteiger partial charge in [-0.15, -0.1) is 0 Å². The Labute approximate surface area is 118 Å². The van der Waals surface area contributed by atoms with Crippen molar-refractivity contribution in [3.8, 4) is 0 Å². The highest BCUT2D eigenvalue weighted by molar-refractivity contribution is 5.80. The minimum atomic E-state index is -0.0230. The van der Waals surface area contributed by atoms with Gasteiger partial charge < -0.3 is 15.2 Å². The molecule has 5 heteroatoms. The van der Waals surface area contributed by atoms with Crippen LogP contribution in [0.25, 0.3) is 0 Å². The van der Waals surface area contributed by atoms with Gasteiger partial charge in [-0.25, -0.2) is 4.98 Å². The van der Waals surface area contributed by atoms with Crippen molar-refractivity contribution >= 4 is 11.6 Å². The van der Waals surface area contributed by atoms with Gasteiger partial charge >= 0.3 is 0 Å². The van der Waals surface area contributed by atoms with Crippen LogP contribution in [0.4, 0.5) is 5.69 Å². The number of rotatable bonds is 3. The van der Waals surface area contributed by atoms with E-state index >= 15 is 0 Å². The van der Waals surface area contributed by atoms with E-state index < -0.39 is 0 Å². The Hall–Kier alpha value is -2.30. The number of nitrogens with zero attached hydrogens (tertiary/aromatic N) is 2. The van der Waals surface area contributed by atoms with Gasteiger partial charge in [0, 0.05) is 31.7 Å². The molecular formula is C15H18N4O. The van der Waals surface area contributed by atoms with Crippen LogP contribution in [0.15, 0.2) is 36.7 Å². The van der Waals surface area contributed by atoms with Crippen molar-refractivity contribution in [2.75, 3.05) is 11.9 Å². The lowest BCUT2D eigenvalue weighted by molar-refractivity contribution is -0.124. The first-order chi connectivity index (χ1) is 9.74. The molecule has 0 radical (unpaired) electrons. The van der Waals surface area contributed by atoms with Crippen LogP contribution in [-0.4, -0.2) is 22.0 Å². The summed E-state index contributed by atoms with van der Waals surface area (Å²) in [6.45, 7) is 1.16. The average molecular weight is 270 g/mol. The third-order valence-corrected chi connectivity index (χ3v) is 3.74. The summed E-state index contributed by atoms with van der Waals surface area (Å²) < 4.78 is 1.91. The minimum Gasteiger partial charge on any atom is -0.384 e. The Morgan fingerprint density at radius 3 is 3.15 bits per heavy atom. The lowest BCUT2D eigenvalue weighted by Crippen LogP contribution is -2.38. The van der Waals surface area contributed by atoms with Crippen molar-refractivity contribution in [2.45, 2.75) is 13.0 Å². The van der Waals surface area contributed by atoms with Crippen molar-refractivity contribution in [2.24, 2.45) is 13.0 Å². The van der Waals surface area contributed by atoms with E-state index in [4.69, 9.17) is 0 Å². The molecule has 0 aliphatic carbocycles. The molecule has 3 rings (SSSR count). The first kappa shape index (κ1) is 12.7. The largest absolute Gasteiger partial charge is 0.384 e. The van der Waals surface area contributed by atoms with Gasteiger partial charge in [0.2, 0.25) is 5.91 Å².